The van der Waals surface area contributed by atoms with Crippen molar-refractivity contribution in [1.29, 1.82) is 0 Å². The Morgan fingerprint density at radius 3 is 3.15 bits per heavy atom. The molecule has 5 heteroatoms. The van der Waals surface area contributed by atoms with Crippen molar-refractivity contribution in [1.82, 2.24) is 4.98 Å². The predicted molar refractivity (Wildman–Crippen MR) is 79.2 cm³/mol. The lowest BCUT2D eigenvalue weighted by Gasteiger charge is -2.26. The minimum absolute atomic E-state index is 0.275. The molecule has 1 N–H and O–H groups in total. The van der Waals surface area contributed by atoms with Gasteiger partial charge in [-0.05, 0) is 30.4 Å². The molecule has 3 rings (SSSR count). The van der Waals surface area contributed by atoms with Crippen LogP contribution in [0.3, 0.4) is 0 Å². The zero-order chi connectivity index (χ0) is 13.9. The molecule has 1 aliphatic carbocycles. The highest BCUT2D eigenvalue weighted by Gasteiger charge is 2.21. The van der Waals surface area contributed by atoms with Crippen molar-refractivity contribution in [2.24, 2.45) is 0 Å². The monoisotopic (exact) mass is 288 g/mol. The molecular formula is C15H16N2O2S. The first-order valence-corrected chi connectivity index (χ1v) is 7.54. The van der Waals surface area contributed by atoms with E-state index in [1.807, 2.05) is 0 Å². The second kappa shape index (κ2) is 5.63. The Bertz CT molecular complexity index is 624. The van der Waals surface area contributed by atoms with E-state index in [0.717, 1.165) is 18.0 Å². The van der Waals surface area contributed by atoms with Crippen molar-refractivity contribution in [2.45, 2.75) is 25.3 Å². The minimum atomic E-state index is -0.390. The maximum atomic E-state index is 11.4. The first-order chi connectivity index (χ1) is 9.78. The molecule has 0 fully saturated rings. The molecule has 0 aliphatic heterocycles. The molecule has 0 spiro atoms. The van der Waals surface area contributed by atoms with Crippen molar-refractivity contribution in [3.05, 3.63) is 46.5 Å². The van der Waals surface area contributed by atoms with E-state index in [-0.39, 0.29) is 6.04 Å². The number of nitrogens with one attached hydrogen (secondary N) is 1. The second-order valence-corrected chi connectivity index (χ2v) is 5.68. The van der Waals surface area contributed by atoms with Crippen molar-refractivity contribution >= 4 is 22.4 Å². The van der Waals surface area contributed by atoms with Crippen LogP contribution in [0.1, 0.15) is 40.5 Å². The molecule has 1 heterocycles. The summed E-state index contributed by atoms with van der Waals surface area (Å²) in [6.45, 7) is 0. The second-order valence-electron chi connectivity index (χ2n) is 4.82. The highest BCUT2D eigenvalue weighted by Crippen LogP contribution is 2.33. The summed E-state index contributed by atoms with van der Waals surface area (Å²) < 4.78 is 4.67. The van der Waals surface area contributed by atoms with Gasteiger partial charge >= 0.3 is 5.97 Å². The van der Waals surface area contributed by atoms with Crippen molar-refractivity contribution in [2.75, 3.05) is 12.4 Å². The number of carbonyl (C=O) groups excluding carboxylic acids is 1. The maximum absolute atomic E-state index is 11.4. The number of nitrogens with zero attached hydrogens (tertiary/aromatic N) is 1. The standard InChI is InChI=1S/C15H16N2O2S/c1-19-14(18)13-9-20-15(17-13)16-12-8-4-6-10-5-2-3-7-11(10)12/h2-3,5,7,9,12H,4,6,8H2,1H3,(H,16,17). The molecule has 1 aromatic heterocycles. The van der Waals surface area contributed by atoms with Crippen LogP contribution in [0.5, 0.6) is 0 Å². The number of carbonyl (C=O) groups is 1. The van der Waals surface area contributed by atoms with Gasteiger partial charge in [0.25, 0.3) is 0 Å². The normalized spacial score (nSPS) is 17.4. The van der Waals surface area contributed by atoms with Gasteiger partial charge < -0.3 is 10.1 Å². The third kappa shape index (κ3) is 2.54. The van der Waals surface area contributed by atoms with Gasteiger partial charge in [-0.25, -0.2) is 9.78 Å². The molecule has 2 aromatic rings. The lowest BCUT2D eigenvalue weighted by molar-refractivity contribution is 0.0595. The van der Waals surface area contributed by atoms with E-state index >= 15 is 0 Å². The van der Waals surface area contributed by atoms with Crippen LogP contribution >= 0.6 is 11.3 Å². The number of thiazole rings is 1. The van der Waals surface area contributed by atoms with Crippen LogP contribution in [-0.2, 0) is 11.2 Å². The van der Waals surface area contributed by atoms with Gasteiger partial charge in [0.2, 0.25) is 0 Å². The van der Waals surface area contributed by atoms with Crippen molar-refractivity contribution in [3.63, 3.8) is 0 Å². The fourth-order valence-electron chi connectivity index (χ4n) is 2.59. The smallest absolute Gasteiger partial charge is 0.357 e. The summed E-state index contributed by atoms with van der Waals surface area (Å²) in [7, 11) is 1.37. The van der Waals surface area contributed by atoms with Crippen molar-refractivity contribution in [3.8, 4) is 0 Å². The summed E-state index contributed by atoms with van der Waals surface area (Å²) >= 11 is 1.44. The van der Waals surface area contributed by atoms with E-state index < -0.39 is 5.97 Å². The number of hydrogen-bond acceptors (Lipinski definition) is 5. The fraction of sp³-hybridized carbons (Fsp3) is 0.333. The van der Waals surface area contributed by atoms with Gasteiger partial charge in [-0.3, -0.25) is 0 Å². The lowest BCUT2D eigenvalue weighted by atomic mass is 9.88. The van der Waals surface area contributed by atoms with E-state index in [1.165, 1.54) is 36.0 Å². The molecule has 1 aliphatic rings. The summed E-state index contributed by atoms with van der Waals surface area (Å²) in [5.41, 5.74) is 3.11. The molecule has 104 valence electrons. The Balaban J connectivity index is 1.79. The first-order valence-electron chi connectivity index (χ1n) is 6.66. The van der Waals surface area contributed by atoms with Gasteiger partial charge in [0, 0.05) is 5.38 Å². The van der Waals surface area contributed by atoms with Gasteiger partial charge in [-0.1, -0.05) is 24.3 Å². The molecule has 0 amide bonds. The van der Waals surface area contributed by atoms with E-state index in [2.05, 4.69) is 39.3 Å². The molecule has 20 heavy (non-hydrogen) atoms. The predicted octanol–water partition coefficient (Wildman–Crippen LogP) is 3.42. The Labute approximate surface area is 121 Å². The average Bonchev–Trinajstić information content (AvgIpc) is 2.95. The number of benzene rings is 1. The van der Waals surface area contributed by atoms with E-state index in [0.29, 0.717) is 5.69 Å². The summed E-state index contributed by atoms with van der Waals surface area (Å²) in [6.07, 6.45) is 3.40. The van der Waals surface area contributed by atoms with Crippen LogP contribution in [0.25, 0.3) is 0 Å². The summed E-state index contributed by atoms with van der Waals surface area (Å²) in [6, 6.07) is 8.78. The molecule has 0 saturated carbocycles. The third-order valence-corrected chi connectivity index (χ3v) is 4.34. The molecule has 1 aromatic carbocycles. The Hall–Kier alpha value is -1.88. The Kier molecular flexibility index (Phi) is 3.69. The van der Waals surface area contributed by atoms with Gasteiger partial charge in [-0.15, -0.1) is 11.3 Å². The van der Waals surface area contributed by atoms with E-state index in [4.69, 9.17) is 0 Å². The first kappa shape index (κ1) is 13.1. The number of methoxy groups -OCH3 is 1. The van der Waals surface area contributed by atoms with Crippen molar-refractivity contribution < 1.29 is 9.53 Å². The van der Waals surface area contributed by atoms with Crippen LogP contribution < -0.4 is 5.32 Å². The number of ether oxygens (including phenoxy) is 1. The Morgan fingerprint density at radius 1 is 1.45 bits per heavy atom. The highest BCUT2D eigenvalue weighted by molar-refractivity contribution is 7.13. The summed E-state index contributed by atoms with van der Waals surface area (Å²) in [4.78, 5) is 15.7. The zero-order valence-corrected chi connectivity index (χ0v) is 12.1. The van der Waals surface area contributed by atoms with Gasteiger partial charge in [0.05, 0.1) is 13.2 Å². The van der Waals surface area contributed by atoms with Crippen LogP contribution in [-0.4, -0.2) is 18.1 Å². The van der Waals surface area contributed by atoms with Gasteiger partial charge in [0.15, 0.2) is 10.8 Å². The Morgan fingerprint density at radius 2 is 2.30 bits per heavy atom. The molecule has 1 atom stereocenters. The third-order valence-electron chi connectivity index (χ3n) is 3.57. The zero-order valence-electron chi connectivity index (χ0n) is 11.3. The van der Waals surface area contributed by atoms with Crippen LogP contribution in [0, 0.1) is 0 Å². The average molecular weight is 288 g/mol. The molecule has 0 radical (unpaired) electrons. The minimum Gasteiger partial charge on any atom is -0.464 e. The largest absolute Gasteiger partial charge is 0.464 e. The maximum Gasteiger partial charge on any atom is 0.357 e. The van der Waals surface area contributed by atoms with Gasteiger partial charge in [0.1, 0.15) is 0 Å². The number of aromatic nitrogens is 1. The van der Waals surface area contributed by atoms with Crippen LogP contribution in [0.2, 0.25) is 0 Å². The fourth-order valence-corrected chi connectivity index (χ4v) is 3.32. The molecule has 1 unspecified atom stereocenters. The summed E-state index contributed by atoms with van der Waals surface area (Å²) in [5, 5.41) is 5.93. The quantitative estimate of drug-likeness (QED) is 0.879. The van der Waals surface area contributed by atoms with E-state index in [9.17, 15) is 4.79 Å². The lowest BCUT2D eigenvalue weighted by Crippen LogP contribution is -2.17. The van der Waals surface area contributed by atoms with Crippen LogP contribution in [0.4, 0.5) is 5.13 Å². The number of rotatable bonds is 3. The molecule has 0 bridgehead atoms. The molecular weight excluding hydrogens is 272 g/mol. The number of fused-ring (bicyclic) bond motifs is 1. The van der Waals surface area contributed by atoms with Crippen LogP contribution in [0.15, 0.2) is 29.6 Å². The highest BCUT2D eigenvalue weighted by atomic mass is 32.1. The molecule has 0 saturated heterocycles. The topological polar surface area (TPSA) is 51.2 Å². The SMILES string of the molecule is COC(=O)c1csc(NC2CCCc3ccccc32)n1. The number of hydrogen-bond donors (Lipinski definition) is 1. The number of aryl methyl sites for hydroxylation is 1. The number of esters is 1. The number of anilines is 1. The summed E-state index contributed by atoms with van der Waals surface area (Å²) in [5.74, 6) is -0.390. The molecule has 4 nitrogen and oxygen atoms in total. The van der Waals surface area contributed by atoms with Gasteiger partial charge in [-0.2, -0.15) is 0 Å². The van der Waals surface area contributed by atoms with E-state index in [1.54, 1.807) is 5.38 Å².